The van der Waals surface area contributed by atoms with Crippen LogP contribution in [0.4, 0.5) is 4.39 Å². The molecule has 0 bridgehead atoms. The largest absolute Gasteiger partial charge is 0.450 e. The third-order valence-electron chi connectivity index (χ3n) is 2.28. The number of para-hydroxylation sites is 1. The minimum atomic E-state index is -0.571. The molecule has 1 aromatic carbocycles. The number of aryl methyl sites for hydroxylation is 1. The molecule has 0 N–H and O–H groups in total. The zero-order valence-corrected chi connectivity index (χ0v) is 9.26. The van der Waals surface area contributed by atoms with Gasteiger partial charge in [0.2, 0.25) is 0 Å². The predicted octanol–water partition coefficient (Wildman–Crippen LogP) is 2.65. The number of aromatic nitrogens is 2. The van der Waals surface area contributed by atoms with Crippen molar-refractivity contribution in [3.8, 4) is 11.5 Å². The van der Waals surface area contributed by atoms with Gasteiger partial charge >= 0.3 is 0 Å². The lowest BCUT2D eigenvalue weighted by Gasteiger charge is -2.06. The fourth-order valence-electron chi connectivity index (χ4n) is 1.41. The lowest BCUT2D eigenvalue weighted by atomic mass is 10.2. The van der Waals surface area contributed by atoms with E-state index >= 15 is 0 Å². The van der Waals surface area contributed by atoms with E-state index in [2.05, 4.69) is 5.10 Å². The number of hydrogen-bond acceptors (Lipinski definition) is 3. The molecule has 0 unspecified atom stereocenters. The van der Waals surface area contributed by atoms with Crippen LogP contribution < -0.4 is 4.74 Å². The first-order valence-corrected chi connectivity index (χ1v) is 5.18. The number of hydrogen-bond donors (Lipinski definition) is 0. The van der Waals surface area contributed by atoms with E-state index in [1.807, 2.05) is 6.92 Å². The van der Waals surface area contributed by atoms with Gasteiger partial charge in [-0.25, -0.2) is 4.39 Å². The monoisotopic (exact) mass is 234 g/mol. The van der Waals surface area contributed by atoms with Crippen LogP contribution in [0.5, 0.6) is 11.5 Å². The molecule has 4 nitrogen and oxygen atoms in total. The predicted molar refractivity (Wildman–Crippen MR) is 59.8 cm³/mol. The highest BCUT2D eigenvalue weighted by molar-refractivity contribution is 5.79. The molecule has 0 aliphatic heterocycles. The summed E-state index contributed by atoms with van der Waals surface area (Å²) in [7, 11) is 0. The number of ether oxygens (including phenoxy) is 1. The van der Waals surface area contributed by atoms with Crippen molar-refractivity contribution in [2.75, 3.05) is 0 Å². The van der Waals surface area contributed by atoms with Gasteiger partial charge in [-0.05, 0) is 19.1 Å². The Kier molecular flexibility index (Phi) is 3.18. The molecule has 0 radical (unpaired) electrons. The Morgan fingerprint density at radius 2 is 2.35 bits per heavy atom. The average Bonchev–Trinajstić information content (AvgIpc) is 2.79. The second kappa shape index (κ2) is 4.78. The zero-order chi connectivity index (χ0) is 12.3. The summed E-state index contributed by atoms with van der Waals surface area (Å²) in [6, 6.07) is 4.20. The van der Waals surface area contributed by atoms with E-state index in [0.29, 0.717) is 18.6 Å². The SMILES string of the molecule is CCn1cc(Oc2c(F)cccc2C=O)cn1. The van der Waals surface area contributed by atoms with Crippen molar-refractivity contribution in [2.24, 2.45) is 0 Å². The van der Waals surface area contributed by atoms with Gasteiger partial charge in [-0.3, -0.25) is 9.48 Å². The van der Waals surface area contributed by atoms with Crippen LogP contribution in [0, 0.1) is 5.82 Å². The maximum absolute atomic E-state index is 13.5. The van der Waals surface area contributed by atoms with Gasteiger partial charge in [0.15, 0.2) is 23.6 Å². The molecule has 0 aliphatic carbocycles. The molecule has 2 aromatic rings. The molecule has 1 heterocycles. The Morgan fingerprint density at radius 1 is 1.53 bits per heavy atom. The number of nitrogens with zero attached hydrogens (tertiary/aromatic N) is 2. The average molecular weight is 234 g/mol. The Hall–Kier alpha value is -2.17. The summed E-state index contributed by atoms with van der Waals surface area (Å²) in [5.74, 6) is -0.239. The molecule has 17 heavy (non-hydrogen) atoms. The Balaban J connectivity index is 2.31. The fourth-order valence-corrected chi connectivity index (χ4v) is 1.41. The summed E-state index contributed by atoms with van der Waals surface area (Å²) < 4.78 is 20.5. The summed E-state index contributed by atoms with van der Waals surface area (Å²) in [5.41, 5.74) is 0.175. The second-order valence-corrected chi connectivity index (χ2v) is 3.41. The van der Waals surface area contributed by atoms with Crippen molar-refractivity contribution in [3.63, 3.8) is 0 Å². The highest BCUT2D eigenvalue weighted by atomic mass is 19.1. The van der Waals surface area contributed by atoms with E-state index < -0.39 is 5.82 Å². The van der Waals surface area contributed by atoms with E-state index in [9.17, 15) is 9.18 Å². The quantitative estimate of drug-likeness (QED) is 0.764. The summed E-state index contributed by atoms with van der Waals surface area (Å²) >= 11 is 0. The van der Waals surface area contributed by atoms with Crippen LogP contribution in [0.1, 0.15) is 17.3 Å². The number of aldehydes is 1. The van der Waals surface area contributed by atoms with Crippen LogP contribution >= 0.6 is 0 Å². The van der Waals surface area contributed by atoms with Crippen molar-refractivity contribution in [1.82, 2.24) is 9.78 Å². The highest BCUT2D eigenvalue weighted by Gasteiger charge is 2.11. The van der Waals surface area contributed by atoms with Crippen LogP contribution in [-0.4, -0.2) is 16.1 Å². The van der Waals surface area contributed by atoms with Crippen LogP contribution in [0.3, 0.4) is 0 Å². The Labute approximate surface area is 97.6 Å². The first-order chi connectivity index (χ1) is 8.24. The van der Waals surface area contributed by atoms with Crippen molar-refractivity contribution in [2.45, 2.75) is 13.5 Å². The molecule has 0 fully saturated rings. The molecule has 0 spiro atoms. The Morgan fingerprint density at radius 3 is 3.00 bits per heavy atom. The molecular formula is C12H11FN2O2. The molecular weight excluding hydrogens is 223 g/mol. The van der Waals surface area contributed by atoms with Gasteiger partial charge < -0.3 is 4.74 Å². The summed E-state index contributed by atoms with van der Waals surface area (Å²) in [6.45, 7) is 2.62. The second-order valence-electron chi connectivity index (χ2n) is 3.41. The van der Waals surface area contributed by atoms with Gasteiger partial charge in [0, 0.05) is 6.54 Å². The third-order valence-corrected chi connectivity index (χ3v) is 2.28. The zero-order valence-electron chi connectivity index (χ0n) is 9.26. The summed E-state index contributed by atoms with van der Waals surface area (Å²) in [5, 5.41) is 4.00. The van der Waals surface area contributed by atoms with Crippen LogP contribution in [0.2, 0.25) is 0 Å². The topological polar surface area (TPSA) is 44.1 Å². The number of rotatable bonds is 4. The van der Waals surface area contributed by atoms with Crippen LogP contribution in [0.15, 0.2) is 30.6 Å². The lowest BCUT2D eigenvalue weighted by molar-refractivity contribution is 0.112. The van der Waals surface area contributed by atoms with E-state index in [1.165, 1.54) is 24.4 Å². The fraction of sp³-hybridized carbons (Fsp3) is 0.167. The van der Waals surface area contributed by atoms with Crippen molar-refractivity contribution in [3.05, 3.63) is 42.0 Å². The van der Waals surface area contributed by atoms with Crippen molar-refractivity contribution >= 4 is 6.29 Å². The van der Waals surface area contributed by atoms with Gasteiger partial charge in [0.05, 0.1) is 18.0 Å². The van der Waals surface area contributed by atoms with Gasteiger partial charge in [-0.2, -0.15) is 5.10 Å². The molecule has 0 saturated carbocycles. The number of carbonyl (C=O) groups is 1. The molecule has 0 saturated heterocycles. The lowest BCUT2D eigenvalue weighted by Crippen LogP contribution is -1.94. The molecule has 0 aliphatic rings. The summed E-state index contributed by atoms with van der Waals surface area (Å²) in [6.07, 6.45) is 3.67. The molecule has 5 heteroatoms. The van der Waals surface area contributed by atoms with Crippen LogP contribution in [0.25, 0.3) is 0 Å². The normalized spacial score (nSPS) is 10.2. The molecule has 0 amide bonds. The summed E-state index contributed by atoms with van der Waals surface area (Å²) in [4.78, 5) is 10.8. The maximum Gasteiger partial charge on any atom is 0.173 e. The number of benzene rings is 1. The minimum absolute atomic E-state index is 0.0712. The third kappa shape index (κ3) is 2.33. The molecule has 0 atom stereocenters. The van der Waals surface area contributed by atoms with Crippen molar-refractivity contribution in [1.29, 1.82) is 0 Å². The first-order valence-electron chi connectivity index (χ1n) is 5.18. The maximum atomic E-state index is 13.5. The van der Waals surface area contributed by atoms with E-state index in [-0.39, 0.29) is 11.3 Å². The standard InChI is InChI=1S/C12H11FN2O2/c1-2-15-7-10(6-14-15)17-12-9(8-16)4-3-5-11(12)13/h3-8H,2H2,1H3. The smallest absolute Gasteiger partial charge is 0.173 e. The minimum Gasteiger partial charge on any atom is -0.450 e. The Bertz CT molecular complexity index is 537. The van der Waals surface area contributed by atoms with Gasteiger partial charge in [0.1, 0.15) is 0 Å². The van der Waals surface area contributed by atoms with Crippen LogP contribution in [-0.2, 0) is 6.54 Å². The van der Waals surface area contributed by atoms with Gasteiger partial charge in [-0.15, -0.1) is 0 Å². The van der Waals surface area contributed by atoms with E-state index in [4.69, 9.17) is 4.74 Å². The van der Waals surface area contributed by atoms with Gasteiger partial charge in [0.25, 0.3) is 0 Å². The molecule has 1 aromatic heterocycles. The first kappa shape index (κ1) is 11.3. The number of halogens is 1. The van der Waals surface area contributed by atoms with Crippen molar-refractivity contribution < 1.29 is 13.9 Å². The van der Waals surface area contributed by atoms with E-state index in [0.717, 1.165) is 0 Å². The highest BCUT2D eigenvalue weighted by Crippen LogP contribution is 2.26. The van der Waals surface area contributed by atoms with E-state index in [1.54, 1.807) is 10.9 Å². The molecule has 88 valence electrons. The van der Waals surface area contributed by atoms with Gasteiger partial charge in [-0.1, -0.05) is 6.07 Å². The number of carbonyl (C=O) groups excluding carboxylic acids is 1. The molecule has 2 rings (SSSR count).